The molecule has 0 saturated heterocycles. The Bertz CT molecular complexity index is 750. The molecule has 6 N–H and O–H groups in total. The predicted molar refractivity (Wildman–Crippen MR) is 124 cm³/mol. The summed E-state index contributed by atoms with van der Waals surface area (Å²) in [6, 6.07) is 5.02. The topological polar surface area (TPSA) is 151 Å². The molecule has 0 heterocycles. The zero-order valence-corrected chi connectivity index (χ0v) is 19.2. The number of thiol groups is 1. The lowest BCUT2D eigenvalue weighted by atomic mass is 10.1. The fraction of sp³-hybridized carbons (Fsp3) is 0.500. The maximum atomic E-state index is 12.6. The quantitative estimate of drug-likeness (QED) is 0.219. The summed E-state index contributed by atoms with van der Waals surface area (Å²) in [6.45, 7) is 1.45. The van der Waals surface area contributed by atoms with Gasteiger partial charge in [-0.15, -0.1) is 0 Å². The molecule has 0 aliphatic carbocycles. The number of carbonyl (C=O) groups is 4. The molecule has 3 amide bonds. The molecule has 0 bridgehead atoms. The van der Waals surface area contributed by atoms with E-state index >= 15 is 0 Å². The summed E-state index contributed by atoms with van der Waals surface area (Å²) in [7, 11) is 0. The fourth-order valence-corrected chi connectivity index (χ4v) is 3.23. The van der Waals surface area contributed by atoms with Crippen molar-refractivity contribution in [2.24, 2.45) is 5.73 Å². The van der Waals surface area contributed by atoms with Crippen molar-refractivity contribution in [1.82, 2.24) is 16.0 Å². The monoisotopic (exact) mass is 470 g/mol. The number of carboxylic acids is 1. The van der Waals surface area contributed by atoms with Gasteiger partial charge in [-0.25, -0.2) is 4.79 Å². The minimum absolute atomic E-state index is 0.108. The van der Waals surface area contributed by atoms with Crippen LogP contribution in [-0.4, -0.2) is 70.7 Å². The van der Waals surface area contributed by atoms with Crippen LogP contribution < -0.4 is 21.7 Å². The number of aliphatic carboxylic acids is 1. The first-order chi connectivity index (χ1) is 14.7. The van der Waals surface area contributed by atoms with Gasteiger partial charge >= 0.3 is 5.97 Å². The molecular formula is C20H30N4O5S2. The number of carbonyl (C=O) groups excluding carboxylic acids is 3. The van der Waals surface area contributed by atoms with Crippen molar-refractivity contribution in [3.05, 3.63) is 35.9 Å². The van der Waals surface area contributed by atoms with Gasteiger partial charge in [0, 0.05) is 12.2 Å². The maximum Gasteiger partial charge on any atom is 0.326 e. The summed E-state index contributed by atoms with van der Waals surface area (Å²) in [5, 5.41) is 17.0. The third-order valence-corrected chi connectivity index (χ3v) is 5.46. The number of rotatable bonds is 13. The van der Waals surface area contributed by atoms with Gasteiger partial charge in [0.15, 0.2) is 0 Å². The molecule has 1 aromatic carbocycles. The zero-order valence-electron chi connectivity index (χ0n) is 17.5. The Hall–Kier alpha value is -2.24. The summed E-state index contributed by atoms with van der Waals surface area (Å²) in [5.74, 6) is -2.15. The van der Waals surface area contributed by atoms with E-state index in [9.17, 15) is 24.3 Å². The van der Waals surface area contributed by atoms with E-state index in [2.05, 4.69) is 28.6 Å². The Morgan fingerprint density at radius 3 is 2.19 bits per heavy atom. The highest BCUT2D eigenvalue weighted by molar-refractivity contribution is 7.98. The van der Waals surface area contributed by atoms with Crippen LogP contribution in [0.1, 0.15) is 18.9 Å². The van der Waals surface area contributed by atoms with Gasteiger partial charge in [-0.3, -0.25) is 14.4 Å². The summed E-state index contributed by atoms with van der Waals surface area (Å²) in [6.07, 6.45) is 2.32. The molecule has 4 unspecified atom stereocenters. The third-order valence-electron chi connectivity index (χ3n) is 4.43. The SMILES string of the molecule is CSCCC(NC(=O)C(N)CS)C(=O)NC(C)C(=O)NC(Cc1ccccc1)C(=O)O. The molecule has 11 heteroatoms. The lowest BCUT2D eigenvalue weighted by Crippen LogP contribution is -2.56. The maximum absolute atomic E-state index is 12.6. The summed E-state index contributed by atoms with van der Waals surface area (Å²) in [4.78, 5) is 48.7. The van der Waals surface area contributed by atoms with Crippen LogP contribution in [0.5, 0.6) is 0 Å². The number of thioether (sulfide) groups is 1. The summed E-state index contributed by atoms with van der Waals surface area (Å²) >= 11 is 5.48. The van der Waals surface area contributed by atoms with E-state index in [1.807, 2.05) is 12.3 Å². The number of hydrogen-bond donors (Lipinski definition) is 6. The van der Waals surface area contributed by atoms with Crippen molar-refractivity contribution in [3.8, 4) is 0 Å². The Balaban J connectivity index is 2.74. The molecule has 0 saturated carbocycles. The lowest BCUT2D eigenvalue weighted by Gasteiger charge is -2.23. The van der Waals surface area contributed by atoms with Gasteiger partial charge in [-0.2, -0.15) is 24.4 Å². The van der Waals surface area contributed by atoms with Gasteiger partial charge in [-0.05, 0) is 30.9 Å². The zero-order chi connectivity index (χ0) is 23.4. The van der Waals surface area contributed by atoms with Crippen molar-refractivity contribution in [1.29, 1.82) is 0 Å². The molecule has 0 fully saturated rings. The number of nitrogens with one attached hydrogen (secondary N) is 3. The first-order valence-electron chi connectivity index (χ1n) is 9.72. The van der Waals surface area contributed by atoms with E-state index in [1.54, 1.807) is 24.3 Å². The van der Waals surface area contributed by atoms with Crippen molar-refractivity contribution >= 4 is 48.1 Å². The van der Waals surface area contributed by atoms with Crippen molar-refractivity contribution in [2.75, 3.05) is 17.8 Å². The normalized spacial score (nSPS) is 14.6. The number of hydrogen-bond acceptors (Lipinski definition) is 7. The second kappa shape index (κ2) is 13.9. The van der Waals surface area contributed by atoms with Crippen LogP contribution in [0.2, 0.25) is 0 Å². The molecule has 0 aliphatic heterocycles. The number of benzene rings is 1. The van der Waals surface area contributed by atoms with Crippen LogP contribution in [0.15, 0.2) is 30.3 Å². The van der Waals surface area contributed by atoms with Crippen LogP contribution in [0, 0.1) is 0 Å². The molecule has 1 aromatic rings. The Morgan fingerprint density at radius 2 is 1.65 bits per heavy atom. The first-order valence-corrected chi connectivity index (χ1v) is 11.7. The van der Waals surface area contributed by atoms with Gasteiger partial charge in [-0.1, -0.05) is 30.3 Å². The molecule has 9 nitrogen and oxygen atoms in total. The highest BCUT2D eigenvalue weighted by Gasteiger charge is 2.28. The average Bonchev–Trinajstić information content (AvgIpc) is 2.75. The van der Waals surface area contributed by atoms with Gasteiger partial charge in [0.05, 0.1) is 6.04 Å². The Kier molecular flexibility index (Phi) is 12.1. The molecule has 0 aliphatic rings. The standard InChI is InChI=1S/C20H30N4O5S2/c1-12(17(25)24-16(20(28)29)10-13-6-4-3-5-7-13)22-19(27)15(8-9-31-2)23-18(26)14(21)11-30/h3-7,12,14-16,30H,8-11,21H2,1-2H3,(H,22,27)(H,23,26)(H,24,25)(H,28,29). The third kappa shape index (κ3) is 9.62. The fourth-order valence-electron chi connectivity index (χ4n) is 2.59. The minimum atomic E-state index is -1.18. The van der Waals surface area contributed by atoms with Gasteiger partial charge < -0.3 is 26.8 Å². The van der Waals surface area contributed by atoms with Crippen LogP contribution in [0.25, 0.3) is 0 Å². The van der Waals surface area contributed by atoms with E-state index < -0.39 is 47.9 Å². The molecule has 0 radical (unpaired) electrons. The van der Waals surface area contributed by atoms with E-state index in [1.165, 1.54) is 18.7 Å². The predicted octanol–water partition coefficient (Wildman–Crippen LogP) is -0.202. The van der Waals surface area contributed by atoms with Gasteiger partial charge in [0.2, 0.25) is 17.7 Å². The second-order valence-corrected chi connectivity index (χ2v) is 8.30. The molecule has 0 spiro atoms. The van der Waals surface area contributed by atoms with Crippen molar-refractivity contribution < 1.29 is 24.3 Å². The second-order valence-electron chi connectivity index (χ2n) is 6.95. The Morgan fingerprint density at radius 1 is 1.03 bits per heavy atom. The van der Waals surface area contributed by atoms with Crippen LogP contribution in [0.4, 0.5) is 0 Å². The smallest absolute Gasteiger partial charge is 0.326 e. The van der Waals surface area contributed by atoms with Crippen LogP contribution in [0.3, 0.4) is 0 Å². The number of carboxylic acid groups (broad SMARTS) is 1. The first kappa shape index (κ1) is 26.8. The van der Waals surface area contributed by atoms with Gasteiger partial charge in [0.1, 0.15) is 18.1 Å². The highest BCUT2D eigenvalue weighted by atomic mass is 32.2. The molecule has 0 aromatic heterocycles. The molecule has 172 valence electrons. The molecule has 1 rings (SSSR count). The largest absolute Gasteiger partial charge is 0.480 e. The molecule has 31 heavy (non-hydrogen) atoms. The Labute approximate surface area is 191 Å². The number of amides is 3. The van der Waals surface area contributed by atoms with Crippen LogP contribution in [-0.2, 0) is 25.6 Å². The van der Waals surface area contributed by atoms with Crippen molar-refractivity contribution in [3.63, 3.8) is 0 Å². The van der Waals surface area contributed by atoms with E-state index in [0.717, 1.165) is 5.56 Å². The highest BCUT2D eigenvalue weighted by Crippen LogP contribution is 2.05. The van der Waals surface area contributed by atoms with E-state index in [-0.39, 0.29) is 12.2 Å². The molecule has 4 atom stereocenters. The van der Waals surface area contributed by atoms with Crippen LogP contribution >= 0.6 is 24.4 Å². The molecular weight excluding hydrogens is 440 g/mol. The summed E-state index contributed by atoms with van der Waals surface area (Å²) < 4.78 is 0. The lowest BCUT2D eigenvalue weighted by molar-refractivity contribution is -0.142. The van der Waals surface area contributed by atoms with E-state index in [0.29, 0.717) is 12.2 Å². The average molecular weight is 471 g/mol. The van der Waals surface area contributed by atoms with E-state index in [4.69, 9.17) is 5.73 Å². The summed E-state index contributed by atoms with van der Waals surface area (Å²) in [5.41, 5.74) is 6.40. The van der Waals surface area contributed by atoms with Crippen molar-refractivity contribution in [2.45, 2.75) is 43.9 Å². The van der Waals surface area contributed by atoms with Gasteiger partial charge in [0.25, 0.3) is 0 Å². The number of nitrogens with two attached hydrogens (primary N) is 1. The minimum Gasteiger partial charge on any atom is -0.480 e.